The Bertz CT molecular complexity index is 1000. The highest BCUT2D eigenvalue weighted by atomic mass is 16.5. The molecule has 1 unspecified atom stereocenters. The van der Waals surface area contributed by atoms with E-state index in [-0.39, 0.29) is 11.8 Å². The van der Waals surface area contributed by atoms with E-state index in [2.05, 4.69) is 12.2 Å². The maximum Gasteiger partial charge on any atom is 0.411 e. The number of nitrogens with one attached hydrogen (secondary N) is 1. The molecule has 3 rings (SSSR count). The first-order valence-corrected chi connectivity index (χ1v) is 11.2. The molecule has 8 heteroatoms. The molecule has 0 bridgehead atoms. The number of hydrazone groups is 1. The number of carbonyl (C=O) groups excluding carboxylic acids is 2. The minimum Gasteiger partial charge on any atom is -0.493 e. The minimum atomic E-state index is -0.512. The molecule has 2 aromatic carbocycles. The predicted molar refractivity (Wildman–Crippen MR) is 127 cm³/mol. The average Bonchev–Trinajstić information content (AvgIpc) is 2.86. The average molecular weight is 454 g/mol. The summed E-state index contributed by atoms with van der Waals surface area (Å²) in [7, 11) is 3.19. The molecule has 1 atom stereocenters. The second-order valence-corrected chi connectivity index (χ2v) is 7.72. The van der Waals surface area contributed by atoms with Crippen LogP contribution in [0.25, 0.3) is 0 Å². The van der Waals surface area contributed by atoms with Crippen molar-refractivity contribution in [3.63, 3.8) is 0 Å². The lowest BCUT2D eigenvalue weighted by Crippen LogP contribution is -2.36. The van der Waals surface area contributed by atoms with Crippen molar-refractivity contribution in [1.29, 1.82) is 0 Å². The molecule has 1 heterocycles. The lowest BCUT2D eigenvalue weighted by atomic mass is 9.90. The Kier molecular flexibility index (Phi) is 8.29. The van der Waals surface area contributed by atoms with E-state index >= 15 is 0 Å². The number of anilines is 1. The molecule has 1 N–H and O–H groups in total. The molecule has 176 valence electrons. The third-order valence-electron chi connectivity index (χ3n) is 5.53. The number of methoxy groups -OCH3 is 2. The van der Waals surface area contributed by atoms with Gasteiger partial charge in [-0.1, -0.05) is 13.8 Å². The largest absolute Gasteiger partial charge is 0.493 e. The van der Waals surface area contributed by atoms with Crippen LogP contribution in [0.2, 0.25) is 0 Å². The van der Waals surface area contributed by atoms with Gasteiger partial charge in [-0.3, -0.25) is 10.1 Å². The van der Waals surface area contributed by atoms with Gasteiger partial charge in [0.1, 0.15) is 0 Å². The van der Waals surface area contributed by atoms with E-state index in [9.17, 15) is 9.59 Å². The van der Waals surface area contributed by atoms with Gasteiger partial charge >= 0.3 is 6.09 Å². The fraction of sp³-hybridized carbons (Fsp3) is 0.400. The topological polar surface area (TPSA) is 89.5 Å². The van der Waals surface area contributed by atoms with Gasteiger partial charge in [-0.25, -0.2) is 9.80 Å². The fourth-order valence-electron chi connectivity index (χ4n) is 3.70. The smallest absolute Gasteiger partial charge is 0.411 e. The second kappa shape index (κ2) is 11.4. The molecule has 0 radical (unpaired) electrons. The third-order valence-corrected chi connectivity index (χ3v) is 5.53. The lowest BCUT2D eigenvalue weighted by Gasteiger charge is -2.29. The summed E-state index contributed by atoms with van der Waals surface area (Å²) < 4.78 is 15.8. The molecule has 0 saturated carbocycles. The van der Waals surface area contributed by atoms with E-state index < -0.39 is 6.09 Å². The molecule has 0 aromatic heterocycles. The number of ether oxygens (including phenoxy) is 3. The van der Waals surface area contributed by atoms with Crippen molar-refractivity contribution in [2.24, 2.45) is 11.0 Å². The molecule has 0 fully saturated rings. The summed E-state index contributed by atoms with van der Waals surface area (Å²) in [6, 6.07) is 12.4. The summed E-state index contributed by atoms with van der Waals surface area (Å²) in [6.45, 7) is 4.94. The number of rotatable bonds is 8. The first-order chi connectivity index (χ1) is 16.0. The summed E-state index contributed by atoms with van der Waals surface area (Å²) in [4.78, 5) is 24.8. The van der Waals surface area contributed by atoms with Crippen LogP contribution in [0.5, 0.6) is 11.5 Å². The maximum atomic E-state index is 13.1. The van der Waals surface area contributed by atoms with Gasteiger partial charge in [-0.15, -0.1) is 0 Å². The molecule has 8 nitrogen and oxygen atoms in total. The van der Waals surface area contributed by atoms with Crippen molar-refractivity contribution in [3.05, 3.63) is 53.6 Å². The number of carbonyl (C=O) groups is 2. The Labute approximate surface area is 194 Å². The van der Waals surface area contributed by atoms with Crippen molar-refractivity contribution in [3.8, 4) is 11.5 Å². The van der Waals surface area contributed by atoms with Crippen LogP contribution in [-0.2, 0) is 4.74 Å². The zero-order valence-electron chi connectivity index (χ0n) is 19.6. The molecule has 2 aromatic rings. The van der Waals surface area contributed by atoms with Gasteiger partial charge in [-0.2, -0.15) is 5.10 Å². The van der Waals surface area contributed by atoms with Gasteiger partial charge < -0.3 is 14.2 Å². The summed E-state index contributed by atoms with van der Waals surface area (Å²) in [5, 5.41) is 8.89. The SMILES string of the molecule is CCCOC(=O)Nc1ccc(C(=O)N2CCC(CC)C(c3ccc(OC)c(OC)c3)=N2)cc1. The number of nitrogens with zero attached hydrogens (tertiary/aromatic N) is 2. The Morgan fingerprint density at radius 3 is 2.42 bits per heavy atom. The lowest BCUT2D eigenvalue weighted by molar-refractivity contribution is 0.0742. The van der Waals surface area contributed by atoms with Crippen LogP contribution in [0.15, 0.2) is 47.6 Å². The fourth-order valence-corrected chi connectivity index (χ4v) is 3.70. The van der Waals surface area contributed by atoms with Crippen LogP contribution in [-0.4, -0.2) is 50.1 Å². The Hall–Kier alpha value is -3.55. The van der Waals surface area contributed by atoms with Crippen LogP contribution in [0.4, 0.5) is 10.5 Å². The van der Waals surface area contributed by atoms with Crippen LogP contribution in [0.3, 0.4) is 0 Å². The van der Waals surface area contributed by atoms with Crippen molar-refractivity contribution in [1.82, 2.24) is 5.01 Å². The summed E-state index contributed by atoms with van der Waals surface area (Å²) in [5.74, 6) is 1.32. The van der Waals surface area contributed by atoms with E-state index in [1.54, 1.807) is 38.5 Å². The van der Waals surface area contributed by atoms with Crippen LogP contribution in [0.1, 0.15) is 49.0 Å². The quantitative estimate of drug-likeness (QED) is 0.612. The molecule has 0 saturated heterocycles. The van der Waals surface area contributed by atoms with E-state index in [0.717, 1.165) is 30.5 Å². The zero-order valence-corrected chi connectivity index (χ0v) is 19.6. The van der Waals surface area contributed by atoms with E-state index in [1.807, 2.05) is 25.1 Å². The third kappa shape index (κ3) is 5.83. The maximum absolute atomic E-state index is 13.1. The molecule has 1 aliphatic rings. The standard InChI is InChI=1S/C25H31N3O5/c1-5-15-33-25(30)26-20-10-7-18(8-11-20)24(29)28-14-13-17(6-2)23(27-28)19-9-12-21(31-3)22(16-19)32-4/h7-12,16-17H,5-6,13-15H2,1-4H3,(H,26,30). The molecule has 0 aliphatic carbocycles. The normalized spacial score (nSPS) is 15.5. The van der Waals surface area contributed by atoms with Crippen molar-refractivity contribution >= 4 is 23.4 Å². The summed E-state index contributed by atoms with van der Waals surface area (Å²) in [5.41, 5.74) is 2.82. The van der Waals surface area contributed by atoms with Gasteiger partial charge in [0.25, 0.3) is 5.91 Å². The Morgan fingerprint density at radius 2 is 1.79 bits per heavy atom. The van der Waals surface area contributed by atoms with Gasteiger partial charge in [0, 0.05) is 29.3 Å². The van der Waals surface area contributed by atoms with Crippen molar-refractivity contribution < 1.29 is 23.8 Å². The molecule has 1 aliphatic heterocycles. The minimum absolute atomic E-state index is 0.192. The molecular weight excluding hydrogens is 422 g/mol. The predicted octanol–water partition coefficient (Wildman–Crippen LogP) is 4.94. The summed E-state index contributed by atoms with van der Waals surface area (Å²) >= 11 is 0. The van der Waals surface area contributed by atoms with Crippen LogP contribution in [0, 0.1) is 5.92 Å². The molecule has 33 heavy (non-hydrogen) atoms. The Morgan fingerprint density at radius 1 is 1.06 bits per heavy atom. The number of hydrogen-bond donors (Lipinski definition) is 1. The highest BCUT2D eigenvalue weighted by Crippen LogP contribution is 2.31. The first-order valence-electron chi connectivity index (χ1n) is 11.2. The zero-order chi connectivity index (χ0) is 23.8. The number of hydrogen-bond acceptors (Lipinski definition) is 6. The van der Waals surface area contributed by atoms with Gasteiger partial charge in [-0.05, 0) is 61.7 Å². The van der Waals surface area contributed by atoms with Gasteiger partial charge in [0.15, 0.2) is 11.5 Å². The highest BCUT2D eigenvalue weighted by Gasteiger charge is 2.27. The van der Waals surface area contributed by atoms with E-state index in [1.165, 1.54) is 5.01 Å². The van der Waals surface area contributed by atoms with Crippen molar-refractivity contribution in [2.45, 2.75) is 33.1 Å². The van der Waals surface area contributed by atoms with Crippen LogP contribution >= 0.6 is 0 Å². The van der Waals surface area contributed by atoms with Gasteiger partial charge in [0.2, 0.25) is 0 Å². The van der Waals surface area contributed by atoms with E-state index in [0.29, 0.717) is 35.9 Å². The monoisotopic (exact) mass is 453 g/mol. The summed E-state index contributed by atoms with van der Waals surface area (Å²) in [6.07, 6.45) is 1.98. The first kappa shape index (κ1) is 24.1. The number of amides is 2. The molecule has 2 amide bonds. The molecular formula is C25H31N3O5. The highest BCUT2D eigenvalue weighted by molar-refractivity contribution is 6.04. The van der Waals surface area contributed by atoms with Gasteiger partial charge in [0.05, 0.1) is 26.5 Å². The second-order valence-electron chi connectivity index (χ2n) is 7.72. The number of benzene rings is 2. The molecule has 0 spiro atoms. The Balaban J connectivity index is 1.80. The van der Waals surface area contributed by atoms with Crippen molar-refractivity contribution in [2.75, 3.05) is 32.7 Å². The van der Waals surface area contributed by atoms with Crippen LogP contribution < -0.4 is 14.8 Å². The van der Waals surface area contributed by atoms with E-state index in [4.69, 9.17) is 19.3 Å².